The number of carbonyl (C=O) groups excluding carboxylic acids is 2. The predicted octanol–water partition coefficient (Wildman–Crippen LogP) is 5.54. The van der Waals surface area contributed by atoms with Crippen LogP contribution in [0.5, 0.6) is 0 Å². The molecule has 0 saturated carbocycles. The first-order valence-electron chi connectivity index (χ1n) is 12.7. The van der Waals surface area contributed by atoms with Crippen molar-refractivity contribution in [1.82, 2.24) is 9.80 Å². The predicted molar refractivity (Wildman–Crippen MR) is 142 cm³/mol. The molecule has 3 aromatic carbocycles. The van der Waals surface area contributed by atoms with E-state index in [1.54, 1.807) is 12.1 Å². The molecule has 3 atom stereocenters. The molecule has 0 aliphatic carbocycles. The Morgan fingerprint density at radius 1 is 0.838 bits per heavy atom. The molecule has 0 aromatic heterocycles. The molecule has 0 amide bonds. The first kappa shape index (κ1) is 26.8. The number of Topliss-reactive ketones (excluding diaryl/α,β-unsaturated/α-hetero) is 2. The van der Waals surface area contributed by atoms with Gasteiger partial charge < -0.3 is 9.80 Å². The van der Waals surface area contributed by atoms with Crippen molar-refractivity contribution in [2.24, 2.45) is 11.8 Å². The summed E-state index contributed by atoms with van der Waals surface area (Å²) in [4.78, 5) is 32.2. The number of hydrogen-bond donors (Lipinski definition) is 0. The van der Waals surface area contributed by atoms with E-state index < -0.39 is 29.4 Å². The van der Waals surface area contributed by atoms with E-state index in [2.05, 4.69) is 9.80 Å². The van der Waals surface area contributed by atoms with Gasteiger partial charge in [0.1, 0.15) is 11.6 Å². The molecule has 3 aromatic rings. The number of hydrogen-bond acceptors (Lipinski definition) is 4. The summed E-state index contributed by atoms with van der Waals surface area (Å²) in [5.74, 6) is -2.87. The number of benzene rings is 3. The Morgan fingerprint density at radius 3 is 1.84 bits per heavy atom. The number of halogens is 2. The SMILES string of the molecule is Cc1cccc([C@@H]2[C@@H](C(=O)c3cccc(F)c3)CN(CCN(C)C)C[C@H]2C(=O)c2cccc(F)c2)c1C. The van der Waals surface area contributed by atoms with Gasteiger partial charge in [0.25, 0.3) is 0 Å². The molecule has 0 bridgehead atoms. The van der Waals surface area contributed by atoms with E-state index in [0.29, 0.717) is 30.8 Å². The third kappa shape index (κ3) is 6.03. The Bertz CT molecular complexity index is 1220. The second-order valence-corrected chi connectivity index (χ2v) is 10.3. The monoisotopic (exact) mass is 504 g/mol. The quantitative estimate of drug-likeness (QED) is 0.378. The first-order valence-corrected chi connectivity index (χ1v) is 12.7. The van der Waals surface area contributed by atoms with E-state index in [4.69, 9.17) is 0 Å². The van der Waals surface area contributed by atoms with Gasteiger partial charge in [0.2, 0.25) is 0 Å². The van der Waals surface area contributed by atoms with Gasteiger partial charge >= 0.3 is 0 Å². The van der Waals surface area contributed by atoms with Crippen LogP contribution in [0.15, 0.2) is 66.7 Å². The van der Waals surface area contributed by atoms with Crippen molar-refractivity contribution < 1.29 is 18.4 Å². The summed E-state index contributed by atoms with van der Waals surface area (Å²) in [6.07, 6.45) is 0. The second kappa shape index (κ2) is 11.4. The summed E-state index contributed by atoms with van der Waals surface area (Å²) in [6.45, 7) is 6.36. The Hall–Kier alpha value is -3.22. The molecule has 1 heterocycles. The summed E-state index contributed by atoms with van der Waals surface area (Å²) in [6, 6.07) is 17.5. The highest BCUT2D eigenvalue weighted by molar-refractivity contribution is 6.02. The summed E-state index contributed by atoms with van der Waals surface area (Å²) < 4.78 is 28.2. The van der Waals surface area contributed by atoms with Gasteiger partial charge in [-0.25, -0.2) is 8.78 Å². The summed E-state index contributed by atoms with van der Waals surface area (Å²) >= 11 is 0. The van der Waals surface area contributed by atoms with Crippen LogP contribution in [0.3, 0.4) is 0 Å². The Balaban J connectivity index is 1.85. The number of carbonyl (C=O) groups is 2. The van der Waals surface area contributed by atoms with Gasteiger partial charge in [0.05, 0.1) is 0 Å². The zero-order valence-corrected chi connectivity index (χ0v) is 21.9. The van der Waals surface area contributed by atoms with Crippen molar-refractivity contribution in [3.05, 3.63) is 106 Å². The first-order chi connectivity index (χ1) is 17.7. The fourth-order valence-corrected chi connectivity index (χ4v) is 5.43. The summed E-state index contributed by atoms with van der Waals surface area (Å²) in [7, 11) is 3.96. The highest BCUT2D eigenvalue weighted by atomic mass is 19.1. The molecule has 0 N–H and O–H groups in total. The second-order valence-electron chi connectivity index (χ2n) is 10.3. The number of likely N-dealkylation sites (tertiary alicyclic amines) is 1. The number of nitrogens with zero attached hydrogens (tertiary/aromatic N) is 2. The van der Waals surface area contributed by atoms with Crippen molar-refractivity contribution in [1.29, 1.82) is 0 Å². The lowest BCUT2D eigenvalue weighted by molar-refractivity contribution is 0.0558. The maximum atomic E-state index is 14.1. The minimum Gasteiger partial charge on any atom is -0.308 e. The van der Waals surface area contributed by atoms with E-state index in [9.17, 15) is 18.4 Å². The molecule has 4 rings (SSSR count). The van der Waals surface area contributed by atoms with Crippen molar-refractivity contribution in [3.63, 3.8) is 0 Å². The van der Waals surface area contributed by atoms with E-state index in [-0.39, 0.29) is 11.6 Å². The molecule has 0 radical (unpaired) electrons. The molecule has 194 valence electrons. The maximum absolute atomic E-state index is 14.1. The lowest BCUT2D eigenvalue weighted by Gasteiger charge is -2.44. The smallest absolute Gasteiger partial charge is 0.167 e. The van der Waals surface area contributed by atoms with Gasteiger partial charge in [-0.2, -0.15) is 0 Å². The average Bonchev–Trinajstić information content (AvgIpc) is 2.88. The molecule has 1 saturated heterocycles. The van der Waals surface area contributed by atoms with E-state index in [1.165, 1.54) is 36.4 Å². The van der Waals surface area contributed by atoms with Crippen LogP contribution < -0.4 is 0 Å². The van der Waals surface area contributed by atoms with Gasteiger partial charge in [-0.1, -0.05) is 42.5 Å². The lowest BCUT2D eigenvalue weighted by Crippen LogP contribution is -2.51. The maximum Gasteiger partial charge on any atom is 0.167 e. The van der Waals surface area contributed by atoms with Crippen LogP contribution in [0.4, 0.5) is 8.78 Å². The minimum atomic E-state index is -0.569. The Morgan fingerprint density at radius 2 is 1.35 bits per heavy atom. The highest BCUT2D eigenvalue weighted by Gasteiger charge is 2.45. The average molecular weight is 505 g/mol. The number of piperidine rings is 1. The zero-order valence-electron chi connectivity index (χ0n) is 21.9. The Labute approximate surface area is 217 Å². The summed E-state index contributed by atoms with van der Waals surface area (Å²) in [5.41, 5.74) is 3.64. The fourth-order valence-electron chi connectivity index (χ4n) is 5.43. The van der Waals surface area contributed by atoms with Crippen LogP contribution in [-0.4, -0.2) is 61.6 Å². The number of likely N-dealkylation sites (N-methyl/N-ethyl adjacent to an activating group) is 1. The third-order valence-corrected chi connectivity index (χ3v) is 7.54. The number of ketones is 2. The van der Waals surface area contributed by atoms with Gasteiger partial charge in [-0.05, 0) is 68.9 Å². The van der Waals surface area contributed by atoms with Crippen LogP contribution in [0.25, 0.3) is 0 Å². The zero-order chi connectivity index (χ0) is 26.7. The molecule has 37 heavy (non-hydrogen) atoms. The molecular weight excluding hydrogens is 470 g/mol. The molecule has 4 nitrogen and oxygen atoms in total. The normalized spacial score (nSPS) is 20.2. The molecule has 0 unspecified atom stereocenters. The van der Waals surface area contributed by atoms with Crippen LogP contribution in [0.2, 0.25) is 0 Å². The Kier molecular flexibility index (Phi) is 8.30. The molecule has 1 aliphatic rings. The molecule has 6 heteroatoms. The van der Waals surface area contributed by atoms with E-state index in [0.717, 1.165) is 23.2 Å². The molecule has 1 fully saturated rings. The topological polar surface area (TPSA) is 40.6 Å². The molecule has 1 aliphatic heterocycles. The standard InChI is InChI=1S/C31H34F2N2O2/c1-20-8-5-13-26(21(20)2)29-27(30(36)22-9-6-11-24(32)16-22)18-35(15-14-34(3)4)19-28(29)31(37)23-10-7-12-25(33)17-23/h5-13,16-17,27-29H,14-15,18-19H2,1-4H3/t27-,28+,29+. The lowest BCUT2D eigenvalue weighted by atomic mass is 9.67. The van der Waals surface area contributed by atoms with Crippen LogP contribution in [-0.2, 0) is 0 Å². The van der Waals surface area contributed by atoms with Crippen molar-refractivity contribution in [2.75, 3.05) is 40.3 Å². The third-order valence-electron chi connectivity index (χ3n) is 7.54. The van der Waals surface area contributed by atoms with Crippen molar-refractivity contribution in [2.45, 2.75) is 19.8 Å². The van der Waals surface area contributed by atoms with E-state index >= 15 is 0 Å². The van der Waals surface area contributed by atoms with Crippen molar-refractivity contribution >= 4 is 11.6 Å². The number of aryl methyl sites for hydroxylation is 1. The van der Waals surface area contributed by atoms with Gasteiger partial charge in [-0.15, -0.1) is 0 Å². The van der Waals surface area contributed by atoms with E-state index in [1.807, 2.05) is 46.1 Å². The molecule has 0 spiro atoms. The summed E-state index contributed by atoms with van der Waals surface area (Å²) in [5, 5.41) is 0. The van der Waals surface area contributed by atoms with Gasteiger partial charge in [-0.3, -0.25) is 9.59 Å². The molecular formula is C31H34F2N2O2. The van der Waals surface area contributed by atoms with Crippen LogP contribution in [0.1, 0.15) is 43.3 Å². The van der Waals surface area contributed by atoms with Crippen LogP contribution in [0, 0.1) is 37.3 Å². The van der Waals surface area contributed by atoms with Crippen molar-refractivity contribution in [3.8, 4) is 0 Å². The van der Waals surface area contributed by atoms with Gasteiger partial charge in [0, 0.05) is 55.1 Å². The minimum absolute atomic E-state index is 0.183. The van der Waals surface area contributed by atoms with Gasteiger partial charge in [0.15, 0.2) is 11.6 Å². The largest absolute Gasteiger partial charge is 0.308 e. The fraction of sp³-hybridized carbons (Fsp3) is 0.355. The van der Waals surface area contributed by atoms with Crippen LogP contribution >= 0.6 is 0 Å². The number of rotatable bonds is 8. The highest BCUT2D eigenvalue weighted by Crippen LogP contribution is 2.42.